The summed E-state index contributed by atoms with van der Waals surface area (Å²) in [6, 6.07) is 2.93. The first-order valence-corrected chi connectivity index (χ1v) is 5.70. The predicted octanol–water partition coefficient (Wildman–Crippen LogP) is 1.36. The monoisotopic (exact) mass is 195 g/mol. The topological polar surface area (TPSA) is 39.1 Å². The SMILES string of the molecule is CCN(CCC#N)C1CCCNCC1. The Balaban J connectivity index is 2.36. The van der Waals surface area contributed by atoms with Crippen molar-refractivity contribution in [3.63, 3.8) is 0 Å². The molecular formula is C11H21N3. The first-order chi connectivity index (χ1) is 6.88. The van der Waals surface area contributed by atoms with Gasteiger partial charge in [0.2, 0.25) is 0 Å². The second kappa shape index (κ2) is 6.80. The predicted molar refractivity (Wildman–Crippen MR) is 58.0 cm³/mol. The molecule has 0 aromatic rings. The summed E-state index contributed by atoms with van der Waals surface area (Å²) in [6.45, 7) is 6.50. The number of hydrogen-bond acceptors (Lipinski definition) is 3. The number of nitrogens with zero attached hydrogens (tertiary/aromatic N) is 2. The van der Waals surface area contributed by atoms with Crippen LogP contribution in [0.4, 0.5) is 0 Å². The summed E-state index contributed by atoms with van der Waals surface area (Å²) in [4.78, 5) is 2.45. The molecule has 3 heteroatoms. The van der Waals surface area contributed by atoms with Crippen LogP contribution in [-0.4, -0.2) is 37.1 Å². The molecule has 80 valence electrons. The van der Waals surface area contributed by atoms with Crippen LogP contribution in [-0.2, 0) is 0 Å². The lowest BCUT2D eigenvalue weighted by Crippen LogP contribution is -2.36. The molecule has 1 aliphatic rings. The number of nitrogens with one attached hydrogen (secondary N) is 1. The van der Waals surface area contributed by atoms with E-state index in [1.165, 1.54) is 19.3 Å². The zero-order chi connectivity index (χ0) is 10.2. The quantitative estimate of drug-likeness (QED) is 0.736. The van der Waals surface area contributed by atoms with Gasteiger partial charge in [0.05, 0.1) is 6.07 Å². The maximum absolute atomic E-state index is 8.58. The van der Waals surface area contributed by atoms with Crippen LogP contribution >= 0.6 is 0 Å². The zero-order valence-electron chi connectivity index (χ0n) is 9.13. The molecule has 0 aromatic carbocycles. The molecule has 1 aliphatic heterocycles. The lowest BCUT2D eigenvalue weighted by Gasteiger charge is -2.28. The van der Waals surface area contributed by atoms with Crippen LogP contribution in [0, 0.1) is 11.3 Å². The highest BCUT2D eigenvalue weighted by Crippen LogP contribution is 2.13. The molecule has 1 atom stereocenters. The minimum absolute atomic E-state index is 0.664. The van der Waals surface area contributed by atoms with Gasteiger partial charge in [-0.2, -0.15) is 5.26 Å². The molecule has 14 heavy (non-hydrogen) atoms. The van der Waals surface area contributed by atoms with Crippen molar-refractivity contribution in [3.8, 4) is 6.07 Å². The fraction of sp³-hybridized carbons (Fsp3) is 0.909. The van der Waals surface area contributed by atoms with Crippen molar-refractivity contribution in [2.75, 3.05) is 26.2 Å². The van der Waals surface area contributed by atoms with Crippen LogP contribution in [0.2, 0.25) is 0 Å². The van der Waals surface area contributed by atoms with Gasteiger partial charge in [0.25, 0.3) is 0 Å². The van der Waals surface area contributed by atoms with Crippen LogP contribution in [0.5, 0.6) is 0 Å². The van der Waals surface area contributed by atoms with E-state index in [9.17, 15) is 0 Å². The van der Waals surface area contributed by atoms with Crippen LogP contribution in [0.1, 0.15) is 32.6 Å². The van der Waals surface area contributed by atoms with Crippen molar-refractivity contribution < 1.29 is 0 Å². The fourth-order valence-electron chi connectivity index (χ4n) is 2.16. The van der Waals surface area contributed by atoms with Gasteiger partial charge < -0.3 is 5.32 Å². The van der Waals surface area contributed by atoms with Crippen LogP contribution in [0.25, 0.3) is 0 Å². The summed E-state index contributed by atoms with van der Waals surface area (Å²) < 4.78 is 0. The van der Waals surface area contributed by atoms with Gasteiger partial charge in [0, 0.05) is 19.0 Å². The third-order valence-corrected chi connectivity index (χ3v) is 2.98. The van der Waals surface area contributed by atoms with Gasteiger partial charge in [-0.1, -0.05) is 6.92 Å². The molecule has 0 aromatic heterocycles. The Morgan fingerprint density at radius 3 is 3.00 bits per heavy atom. The smallest absolute Gasteiger partial charge is 0.0635 e. The van der Waals surface area contributed by atoms with E-state index in [1.54, 1.807) is 0 Å². The Labute approximate surface area is 87.1 Å². The molecule has 1 saturated heterocycles. The third-order valence-electron chi connectivity index (χ3n) is 2.98. The van der Waals surface area contributed by atoms with Gasteiger partial charge in [-0.3, -0.25) is 4.90 Å². The Morgan fingerprint density at radius 1 is 1.43 bits per heavy atom. The van der Waals surface area contributed by atoms with Gasteiger partial charge in [-0.25, -0.2) is 0 Å². The van der Waals surface area contributed by atoms with Gasteiger partial charge in [0.15, 0.2) is 0 Å². The lowest BCUT2D eigenvalue weighted by molar-refractivity contribution is 0.195. The van der Waals surface area contributed by atoms with Crippen LogP contribution < -0.4 is 5.32 Å². The molecule has 1 rings (SSSR count). The average Bonchev–Trinajstić information content (AvgIpc) is 2.48. The van der Waals surface area contributed by atoms with Crippen molar-refractivity contribution in [1.82, 2.24) is 10.2 Å². The molecule has 0 spiro atoms. The summed E-state index contributed by atoms with van der Waals surface area (Å²) in [5.41, 5.74) is 0. The molecule has 0 aliphatic carbocycles. The molecule has 0 saturated carbocycles. The third kappa shape index (κ3) is 3.65. The van der Waals surface area contributed by atoms with Crippen LogP contribution in [0.3, 0.4) is 0 Å². The molecule has 1 heterocycles. The Bertz CT molecular complexity index is 177. The standard InChI is InChI=1S/C11H21N3/c1-2-14(10-4-7-12)11-5-3-8-13-9-6-11/h11,13H,2-6,8-10H2,1H3. The molecule has 0 amide bonds. The van der Waals surface area contributed by atoms with Crippen molar-refractivity contribution >= 4 is 0 Å². The van der Waals surface area contributed by atoms with E-state index in [4.69, 9.17) is 5.26 Å². The molecule has 1 N–H and O–H groups in total. The average molecular weight is 195 g/mol. The number of nitriles is 1. The molecule has 0 radical (unpaired) electrons. The summed E-state index contributed by atoms with van der Waals surface area (Å²) in [6.07, 6.45) is 4.46. The molecule has 1 unspecified atom stereocenters. The Hall–Kier alpha value is -0.590. The largest absolute Gasteiger partial charge is 0.317 e. The van der Waals surface area contributed by atoms with Crippen molar-refractivity contribution in [1.29, 1.82) is 5.26 Å². The minimum Gasteiger partial charge on any atom is -0.317 e. The van der Waals surface area contributed by atoms with Crippen LogP contribution in [0.15, 0.2) is 0 Å². The summed E-state index contributed by atoms with van der Waals surface area (Å²) in [5, 5.41) is 12.0. The van der Waals surface area contributed by atoms with Gasteiger partial charge in [-0.15, -0.1) is 0 Å². The van der Waals surface area contributed by atoms with Gasteiger partial charge in [0.1, 0.15) is 0 Å². The second-order valence-corrected chi connectivity index (χ2v) is 3.87. The Morgan fingerprint density at radius 2 is 2.29 bits per heavy atom. The van der Waals surface area contributed by atoms with Crippen molar-refractivity contribution in [3.05, 3.63) is 0 Å². The maximum atomic E-state index is 8.58. The summed E-state index contributed by atoms with van der Waals surface area (Å²) in [5.74, 6) is 0. The Kier molecular flexibility index (Phi) is 5.58. The summed E-state index contributed by atoms with van der Waals surface area (Å²) >= 11 is 0. The van der Waals surface area contributed by atoms with Crippen molar-refractivity contribution in [2.24, 2.45) is 0 Å². The fourth-order valence-corrected chi connectivity index (χ4v) is 2.16. The van der Waals surface area contributed by atoms with Gasteiger partial charge >= 0.3 is 0 Å². The minimum atomic E-state index is 0.664. The highest BCUT2D eigenvalue weighted by Gasteiger charge is 2.17. The normalized spacial score (nSPS) is 23.1. The molecule has 3 nitrogen and oxygen atoms in total. The first-order valence-electron chi connectivity index (χ1n) is 5.70. The molecule has 1 fully saturated rings. The molecule has 0 bridgehead atoms. The van der Waals surface area contributed by atoms with E-state index < -0.39 is 0 Å². The second-order valence-electron chi connectivity index (χ2n) is 3.87. The number of rotatable bonds is 4. The number of hydrogen-bond donors (Lipinski definition) is 1. The highest BCUT2D eigenvalue weighted by molar-refractivity contribution is 4.79. The summed E-state index contributed by atoms with van der Waals surface area (Å²) in [7, 11) is 0. The lowest BCUT2D eigenvalue weighted by atomic mass is 10.1. The first kappa shape index (κ1) is 11.5. The van der Waals surface area contributed by atoms with E-state index in [2.05, 4.69) is 23.2 Å². The van der Waals surface area contributed by atoms with E-state index in [-0.39, 0.29) is 0 Å². The molecular weight excluding hydrogens is 174 g/mol. The highest BCUT2D eigenvalue weighted by atomic mass is 15.1. The maximum Gasteiger partial charge on any atom is 0.0635 e. The van der Waals surface area contributed by atoms with E-state index in [0.717, 1.165) is 26.2 Å². The van der Waals surface area contributed by atoms with E-state index in [1.807, 2.05) is 0 Å². The zero-order valence-corrected chi connectivity index (χ0v) is 9.13. The van der Waals surface area contributed by atoms with E-state index in [0.29, 0.717) is 12.5 Å². The van der Waals surface area contributed by atoms with E-state index >= 15 is 0 Å². The van der Waals surface area contributed by atoms with Gasteiger partial charge in [-0.05, 0) is 38.9 Å². The van der Waals surface area contributed by atoms with Crippen molar-refractivity contribution in [2.45, 2.75) is 38.6 Å².